The number of benzene rings is 2. The highest BCUT2D eigenvalue weighted by Crippen LogP contribution is 2.28. The van der Waals surface area contributed by atoms with Crippen molar-refractivity contribution < 1.29 is 13.2 Å². The summed E-state index contributed by atoms with van der Waals surface area (Å²) in [5.74, 6) is 0.208. The molecule has 0 saturated heterocycles. The minimum Gasteiger partial charge on any atom is -0.299 e. The van der Waals surface area contributed by atoms with Crippen molar-refractivity contribution in [3.05, 3.63) is 65.7 Å². The van der Waals surface area contributed by atoms with Crippen LogP contribution in [0.25, 0.3) is 0 Å². The number of hydrogen-bond donors (Lipinski definition) is 1. The SMILES string of the molecule is CN(CC(=O)Nc1nnc(SCc2ccccc2)s1)S(=O)(=O)c1ccc(C#N)cc1. The van der Waals surface area contributed by atoms with Crippen LogP contribution in [-0.4, -0.2) is 42.4 Å². The van der Waals surface area contributed by atoms with Gasteiger partial charge in [0.2, 0.25) is 21.1 Å². The average Bonchev–Trinajstić information content (AvgIpc) is 3.20. The zero-order chi connectivity index (χ0) is 21.6. The number of nitrogens with zero attached hydrogens (tertiary/aromatic N) is 4. The second-order valence-electron chi connectivity index (χ2n) is 6.09. The Kier molecular flexibility index (Phi) is 7.17. The van der Waals surface area contributed by atoms with Crippen molar-refractivity contribution in [3.63, 3.8) is 0 Å². The van der Waals surface area contributed by atoms with Crippen LogP contribution in [0.5, 0.6) is 0 Å². The van der Waals surface area contributed by atoms with Gasteiger partial charge in [-0.25, -0.2) is 8.42 Å². The molecule has 3 rings (SSSR count). The van der Waals surface area contributed by atoms with Gasteiger partial charge in [-0.05, 0) is 29.8 Å². The molecule has 8 nitrogen and oxygen atoms in total. The molecule has 0 unspecified atom stereocenters. The van der Waals surface area contributed by atoms with Crippen molar-refractivity contribution in [2.45, 2.75) is 15.0 Å². The first-order chi connectivity index (χ1) is 14.4. The number of thioether (sulfide) groups is 1. The van der Waals surface area contributed by atoms with Crippen LogP contribution < -0.4 is 5.32 Å². The van der Waals surface area contributed by atoms with Crippen molar-refractivity contribution in [1.29, 1.82) is 5.26 Å². The number of carbonyl (C=O) groups excluding carboxylic acids is 1. The topological polar surface area (TPSA) is 116 Å². The number of carbonyl (C=O) groups is 1. The van der Waals surface area contributed by atoms with Crippen LogP contribution >= 0.6 is 23.1 Å². The van der Waals surface area contributed by atoms with Crippen LogP contribution in [0.15, 0.2) is 63.8 Å². The normalized spacial score (nSPS) is 11.2. The molecule has 11 heteroatoms. The monoisotopic (exact) mass is 459 g/mol. The molecule has 3 aromatic rings. The number of nitriles is 1. The summed E-state index contributed by atoms with van der Waals surface area (Å²) in [4.78, 5) is 12.3. The third kappa shape index (κ3) is 5.64. The first kappa shape index (κ1) is 21.9. The van der Waals surface area contributed by atoms with Gasteiger partial charge in [-0.15, -0.1) is 10.2 Å². The van der Waals surface area contributed by atoms with E-state index in [0.29, 0.717) is 15.0 Å². The van der Waals surface area contributed by atoms with E-state index in [4.69, 9.17) is 5.26 Å². The standard InChI is InChI=1S/C19H17N5O3S3/c1-24(30(26,27)16-9-7-14(11-20)8-10-16)12-17(25)21-18-22-23-19(29-18)28-13-15-5-3-2-4-6-15/h2-10H,12-13H2,1H3,(H,21,22,25). The zero-order valence-electron chi connectivity index (χ0n) is 15.8. The van der Waals surface area contributed by atoms with Crippen molar-refractivity contribution in [3.8, 4) is 6.07 Å². The molecule has 0 aliphatic carbocycles. The molecule has 2 aromatic carbocycles. The van der Waals surface area contributed by atoms with Crippen LogP contribution in [0.4, 0.5) is 5.13 Å². The summed E-state index contributed by atoms with van der Waals surface area (Å²) in [7, 11) is -2.55. The number of amides is 1. The van der Waals surface area contributed by atoms with Gasteiger partial charge in [0.15, 0.2) is 4.34 Å². The number of aromatic nitrogens is 2. The van der Waals surface area contributed by atoms with E-state index in [-0.39, 0.29) is 11.4 Å². The fourth-order valence-corrected chi connectivity index (χ4v) is 5.22. The van der Waals surface area contributed by atoms with Crippen LogP contribution in [0.2, 0.25) is 0 Å². The molecule has 0 atom stereocenters. The predicted molar refractivity (Wildman–Crippen MR) is 116 cm³/mol. The average molecular weight is 460 g/mol. The highest BCUT2D eigenvalue weighted by molar-refractivity contribution is 8.00. The first-order valence-electron chi connectivity index (χ1n) is 8.65. The molecule has 30 heavy (non-hydrogen) atoms. The lowest BCUT2D eigenvalue weighted by molar-refractivity contribution is -0.116. The van der Waals surface area contributed by atoms with E-state index in [1.807, 2.05) is 36.4 Å². The minimum absolute atomic E-state index is 0.00677. The second kappa shape index (κ2) is 9.82. The van der Waals surface area contributed by atoms with E-state index >= 15 is 0 Å². The van der Waals surface area contributed by atoms with E-state index in [2.05, 4.69) is 15.5 Å². The molecule has 0 aliphatic rings. The van der Waals surface area contributed by atoms with Crippen molar-refractivity contribution in [1.82, 2.24) is 14.5 Å². The molecule has 1 heterocycles. The molecular formula is C19H17N5O3S3. The van der Waals surface area contributed by atoms with Gasteiger partial charge in [0, 0.05) is 12.8 Å². The Morgan fingerprint density at radius 1 is 1.17 bits per heavy atom. The molecule has 0 saturated carbocycles. The molecule has 0 bridgehead atoms. The Labute approximate surface area is 182 Å². The Balaban J connectivity index is 1.55. The van der Waals surface area contributed by atoms with Crippen molar-refractivity contribution >= 4 is 44.2 Å². The van der Waals surface area contributed by atoms with Crippen LogP contribution in [-0.2, 0) is 20.6 Å². The Morgan fingerprint density at radius 2 is 1.87 bits per heavy atom. The Bertz CT molecular complexity index is 1160. The number of nitrogens with one attached hydrogen (secondary N) is 1. The number of rotatable bonds is 8. The molecule has 1 aromatic heterocycles. The summed E-state index contributed by atoms with van der Waals surface area (Å²) in [6.45, 7) is -0.381. The first-order valence-corrected chi connectivity index (χ1v) is 11.9. The number of likely N-dealkylation sites (N-methyl/N-ethyl adjacent to an activating group) is 1. The summed E-state index contributed by atoms with van der Waals surface area (Å²) in [5, 5.41) is 19.7. The van der Waals surface area contributed by atoms with E-state index in [1.165, 1.54) is 54.4 Å². The van der Waals surface area contributed by atoms with Crippen molar-refractivity contribution in [2.24, 2.45) is 0 Å². The Hall–Kier alpha value is -2.78. The summed E-state index contributed by atoms with van der Waals surface area (Å²) >= 11 is 2.73. The summed E-state index contributed by atoms with van der Waals surface area (Å²) in [6.07, 6.45) is 0. The lowest BCUT2D eigenvalue weighted by Gasteiger charge is -2.16. The fourth-order valence-electron chi connectivity index (χ4n) is 2.37. The third-order valence-electron chi connectivity index (χ3n) is 3.92. The second-order valence-corrected chi connectivity index (χ2v) is 10.3. The van der Waals surface area contributed by atoms with Crippen LogP contribution in [0.3, 0.4) is 0 Å². The number of anilines is 1. The molecule has 0 fully saturated rings. The lowest BCUT2D eigenvalue weighted by Crippen LogP contribution is -2.34. The molecule has 1 N–H and O–H groups in total. The minimum atomic E-state index is -3.86. The summed E-state index contributed by atoms with van der Waals surface area (Å²) in [6, 6.07) is 17.3. The van der Waals surface area contributed by atoms with Crippen molar-refractivity contribution in [2.75, 3.05) is 18.9 Å². The predicted octanol–water partition coefficient (Wildman–Crippen LogP) is 2.96. The zero-order valence-corrected chi connectivity index (χ0v) is 18.3. The Morgan fingerprint density at radius 3 is 2.53 bits per heavy atom. The molecule has 1 amide bonds. The summed E-state index contributed by atoms with van der Waals surface area (Å²) < 4.78 is 26.8. The van der Waals surface area contributed by atoms with Gasteiger partial charge in [-0.3, -0.25) is 10.1 Å². The van der Waals surface area contributed by atoms with Gasteiger partial charge in [0.1, 0.15) is 0 Å². The molecule has 0 spiro atoms. The quantitative estimate of drug-likeness (QED) is 0.407. The molecule has 0 aliphatic heterocycles. The highest BCUT2D eigenvalue weighted by atomic mass is 32.2. The van der Waals surface area contributed by atoms with Gasteiger partial charge in [-0.1, -0.05) is 53.4 Å². The number of hydrogen-bond acceptors (Lipinski definition) is 8. The third-order valence-corrected chi connectivity index (χ3v) is 7.78. The van der Waals surface area contributed by atoms with Gasteiger partial charge in [-0.2, -0.15) is 9.57 Å². The van der Waals surface area contributed by atoms with Crippen LogP contribution in [0, 0.1) is 11.3 Å². The van der Waals surface area contributed by atoms with Gasteiger partial charge in [0.05, 0.1) is 23.1 Å². The largest absolute Gasteiger partial charge is 0.299 e. The van der Waals surface area contributed by atoms with E-state index in [0.717, 1.165) is 15.6 Å². The van der Waals surface area contributed by atoms with Crippen LogP contribution in [0.1, 0.15) is 11.1 Å². The maximum atomic E-state index is 12.6. The maximum Gasteiger partial charge on any atom is 0.243 e. The maximum absolute atomic E-state index is 12.6. The highest BCUT2D eigenvalue weighted by Gasteiger charge is 2.23. The van der Waals surface area contributed by atoms with E-state index in [9.17, 15) is 13.2 Å². The molecular weight excluding hydrogens is 442 g/mol. The number of sulfonamides is 1. The van der Waals surface area contributed by atoms with Gasteiger partial charge in [0.25, 0.3) is 0 Å². The summed E-state index contributed by atoms with van der Waals surface area (Å²) in [5.41, 5.74) is 1.50. The lowest BCUT2D eigenvalue weighted by atomic mass is 10.2. The van der Waals surface area contributed by atoms with E-state index < -0.39 is 15.9 Å². The van der Waals surface area contributed by atoms with Gasteiger partial charge >= 0.3 is 0 Å². The smallest absolute Gasteiger partial charge is 0.243 e. The van der Waals surface area contributed by atoms with Gasteiger partial charge < -0.3 is 0 Å². The fraction of sp³-hybridized carbons (Fsp3) is 0.158. The molecule has 154 valence electrons. The van der Waals surface area contributed by atoms with E-state index in [1.54, 1.807) is 0 Å². The molecule has 0 radical (unpaired) electrons.